The summed E-state index contributed by atoms with van der Waals surface area (Å²) in [6, 6.07) is 0. The highest BCUT2D eigenvalue weighted by atomic mass is 16.6. The smallest absolute Gasteiger partial charge is 0.306 e. The number of esters is 3. The quantitative estimate of drug-likeness (QED) is 0.0199. The Hall–Kier alpha value is -4.97. The number of hydrogen-bond donors (Lipinski definition) is 0. The molecule has 0 aliphatic heterocycles. The molecule has 0 radical (unpaired) electrons. The van der Waals surface area contributed by atoms with Crippen molar-refractivity contribution in [2.75, 3.05) is 13.2 Å². The zero-order valence-corrected chi connectivity index (χ0v) is 43.0. The van der Waals surface area contributed by atoms with Gasteiger partial charge >= 0.3 is 17.9 Å². The third kappa shape index (κ3) is 52.0. The van der Waals surface area contributed by atoms with Crippen LogP contribution in [-0.4, -0.2) is 37.2 Å². The summed E-state index contributed by atoms with van der Waals surface area (Å²) in [4.78, 5) is 38.0. The van der Waals surface area contributed by atoms with Gasteiger partial charge in [0.25, 0.3) is 0 Å². The Bertz CT molecular complexity index is 1590. The van der Waals surface area contributed by atoms with E-state index in [4.69, 9.17) is 14.2 Å². The van der Waals surface area contributed by atoms with Gasteiger partial charge in [-0.05, 0) is 103 Å². The standard InChI is InChI=1S/C62H94O6/c1-4-7-10-13-16-19-22-25-28-30-31-33-34-37-40-43-46-49-52-55-61(64)67-58-59(57-66-60(63)54-51-48-45-42-39-36-27-24-21-18-15-12-9-6-3)68-62(65)56-53-50-47-44-41-38-35-32-29-26-23-20-17-14-11-8-5-2/h7,9-10,12-13,16,18-19,21-22,25-31,33-38,40,44,47,59H,4-6,8,11,14-15,17,20,23-24,32,39,41-43,45-46,48-58H2,1-3H3/b10-7-,12-9-,16-13-,21-18-,22-19-,28-25-,29-26-,31-30+,34-33-,36-27-,38-35-,40-37-,47-44-. The highest BCUT2D eigenvalue weighted by Gasteiger charge is 2.19. The molecule has 378 valence electrons. The predicted molar refractivity (Wildman–Crippen MR) is 292 cm³/mol. The lowest BCUT2D eigenvalue weighted by Gasteiger charge is -2.18. The fraction of sp³-hybridized carbons (Fsp3) is 0.532. The first kappa shape index (κ1) is 63.0. The Kier molecular flexibility index (Phi) is 50.6. The van der Waals surface area contributed by atoms with Gasteiger partial charge in [-0.3, -0.25) is 14.4 Å². The molecule has 1 atom stereocenters. The van der Waals surface area contributed by atoms with Crippen LogP contribution in [0.25, 0.3) is 0 Å². The SMILES string of the molecule is CC\C=C/C=C\C=C/C=C\C=C\C=C/C=C\CCCCCC(=O)OCC(COC(=O)CCCCCC/C=C\C/C=C\C/C=C\CC)OC(=O)CCC/C=C\C/C=C\C/C=C\CCCCCCCC. The molecular weight excluding hydrogens is 841 g/mol. The van der Waals surface area contributed by atoms with Crippen molar-refractivity contribution in [1.82, 2.24) is 0 Å². The van der Waals surface area contributed by atoms with Crippen molar-refractivity contribution >= 4 is 17.9 Å². The van der Waals surface area contributed by atoms with Crippen LogP contribution in [0, 0.1) is 0 Å². The largest absolute Gasteiger partial charge is 0.462 e. The summed E-state index contributed by atoms with van der Waals surface area (Å²) in [5, 5.41) is 0. The summed E-state index contributed by atoms with van der Waals surface area (Å²) in [7, 11) is 0. The maximum Gasteiger partial charge on any atom is 0.306 e. The molecule has 0 spiro atoms. The molecule has 0 bridgehead atoms. The van der Waals surface area contributed by atoms with E-state index in [0.29, 0.717) is 19.3 Å². The van der Waals surface area contributed by atoms with Gasteiger partial charge < -0.3 is 14.2 Å². The molecule has 0 aromatic heterocycles. The minimum atomic E-state index is -0.841. The van der Waals surface area contributed by atoms with Gasteiger partial charge in [0, 0.05) is 19.3 Å². The fourth-order valence-corrected chi connectivity index (χ4v) is 6.51. The summed E-state index contributed by atoms with van der Waals surface area (Å²) in [5.41, 5.74) is 0. The van der Waals surface area contributed by atoms with Gasteiger partial charge in [0.2, 0.25) is 0 Å². The monoisotopic (exact) mass is 935 g/mol. The molecule has 6 nitrogen and oxygen atoms in total. The van der Waals surface area contributed by atoms with Crippen LogP contribution in [0.1, 0.15) is 194 Å². The lowest BCUT2D eigenvalue weighted by atomic mass is 10.1. The van der Waals surface area contributed by atoms with Crippen LogP contribution < -0.4 is 0 Å². The number of carbonyl (C=O) groups is 3. The predicted octanol–water partition coefficient (Wildman–Crippen LogP) is 17.8. The van der Waals surface area contributed by atoms with Crippen molar-refractivity contribution in [1.29, 1.82) is 0 Å². The van der Waals surface area contributed by atoms with E-state index in [1.807, 2.05) is 72.9 Å². The number of hydrogen-bond acceptors (Lipinski definition) is 6. The number of allylic oxidation sites excluding steroid dienone is 26. The van der Waals surface area contributed by atoms with Crippen molar-refractivity contribution < 1.29 is 28.6 Å². The van der Waals surface area contributed by atoms with E-state index in [0.717, 1.165) is 96.3 Å². The van der Waals surface area contributed by atoms with Crippen molar-refractivity contribution in [2.45, 2.75) is 200 Å². The van der Waals surface area contributed by atoms with Gasteiger partial charge in [0.05, 0.1) is 0 Å². The summed E-state index contributed by atoms with van der Waals surface area (Å²) >= 11 is 0. The van der Waals surface area contributed by atoms with Crippen molar-refractivity contribution in [3.8, 4) is 0 Å². The first-order chi connectivity index (χ1) is 33.5. The van der Waals surface area contributed by atoms with E-state index in [2.05, 4.69) is 106 Å². The van der Waals surface area contributed by atoms with Crippen LogP contribution in [0.15, 0.2) is 158 Å². The zero-order chi connectivity index (χ0) is 49.3. The lowest BCUT2D eigenvalue weighted by Crippen LogP contribution is -2.30. The van der Waals surface area contributed by atoms with E-state index >= 15 is 0 Å². The number of unbranched alkanes of at least 4 members (excludes halogenated alkanes) is 14. The van der Waals surface area contributed by atoms with Gasteiger partial charge in [-0.25, -0.2) is 0 Å². The van der Waals surface area contributed by atoms with E-state index in [1.54, 1.807) is 0 Å². The van der Waals surface area contributed by atoms with Crippen LogP contribution in [0.5, 0.6) is 0 Å². The average molecular weight is 935 g/mol. The Morgan fingerprint density at radius 2 is 0.662 bits per heavy atom. The van der Waals surface area contributed by atoms with Crippen LogP contribution in [0.2, 0.25) is 0 Å². The highest BCUT2D eigenvalue weighted by Crippen LogP contribution is 2.11. The molecule has 0 aromatic rings. The molecule has 0 fully saturated rings. The average Bonchev–Trinajstić information content (AvgIpc) is 3.34. The maximum absolute atomic E-state index is 12.8. The second-order valence-electron chi connectivity index (χ2n) is 16.8. The van der Waals surface area contributed by atoms with Gasteiger partial charge in [-0.1, -0.05) is 230 Å². The second kappa shape index (κ2) is 54.6. The number of rotatable bonds is 45. The highest BCUT2D eigenvalue weighted by molar-refractivity contribution is 5.71. The van der Waals surface area contributed by atoms with Gasteiger partial charge in [-0.15, -0.1) is 0 Å². The van der Waals surface area contributed by atoms with Crippen LogP contribution in [-0.2, 0) is 28.6 Å². The van der Waals surface area contributed by atoms with Gasteiger partial charge in [0.15, 0.2) is 6.10 Å². The molecular formula is C62H94O6. The topological polar surface area (TPSA) is 78.9 Å². The minimum Gasteiger partial charge on any atom is -0.462 e. The summed E-state index contributed by atoms with van der Waals surface area (Å²) in [6.07, 6.45) is 79.4. The molecule has 0 aromatic carbocycles. The molecule has 6 heteroatoms. The van der Waals surface area contributed by atoms with Crippen molar-refractivity contribution in [3.63, 3.8) is 0 Å². The second-order valence-corrected chi connectivity index (χ2v) is 16.8. The Labute approximate surface area is 416 Å². The molecule has 0 aliphatic carbocycles. The molecule has 68 heavy (non-hydrogen) atoms. The Morgan fingerprint density at radius 1 is 0.324 bits per heavy atom. The van der Waals surface area contributed by atoms with Crippen molar-refractivity contribution in [3.05, 3.63) is 158 Å². The molecule has 0 saturated heterocycles. The van der Waals surface area contributed by atoms with E-state index < -0.39 is 6.10 Å². The first-order valence-electron chi connectivity index (χ1n) is 26.6. The molecule has 1 unspecified atom stereocenters. The molecule has 0 heterocycles. The van der Waals surface area contributed by atoms with E-state index in [1.165, 1.54) is 44.9 Å². The summed E-state index contributed by atoms with van der Waals surface area (Å²) in [6.45, 7) is 6.24. The minimum absolute atomic E-state index is 0.133. The van der Waals surface area contributed by atoms with Crippen LogP contribution >= 0.6 is 0 Å². The van der Waals surface area contributed by atoms with Crippen LogP contribution in [0.4, 0.5) is 0 Å². The number of carbonyl (C=O) groups excluding carboxylic acids is 3. The first-order valence-corrected chi connectivity index (χ1v) is 26.6. The van der Waals surface area contributed by atoms with Gasteiger partial charge in [0.1, 0.15) is 13.2 Å². The third-order valence-electron chi connectivity index (χ3n) is 10.4. The Morgan fingerprint density at radius 3 is 1.13 bits per heavy atom. The fourth-order valence-electron chi connectivity index (χ4n) is 6.51. The van der Waals surface area contributed by atoms with Crippen LogP contribution in [0.3, 0.4) is 0 Å². The maximum atomic E-state index is 12.8. The summed E-state index contributed by atoms with van der Waals surface area (Å²) < 4.78 is 16.7. The third-order valence-corrected chi connectivity index (χ3v) is 10.4. The lowest BCUT2D eigenvalue weighted by molar-refractivity contribution is -0.167. The van der Waals surface area contributed by atoms with E-state index in [-0.39, 0.29) is 44.0 Å². The molecule has 0 amide bonds. The molecule has 0 N–H and O–H groups in total. The van der Waals surface area contributed by atoms with Gasteiger partial charge in [-0.2, -0.15) is 0 Å². The molecule has 0 aliphatic rings. The molecule has 0 rings (SSSR count). The van der Waals surface area contributed by atoms with Crippen molar-refractivity contribution in [2.24, 2.45) is 0 Å². The number of ether oxygens (including phenoxy) is 3. The summed E-state index contributed by atoms with van der Waals surface area (Å²) in [5.74, 6) is -1.06. The van der Waals surface area contributed by atoms with E-state index in [9.17, 15) is 14.4 Å². The molecule has 0 saturated carbocycles. The zero-order valence-electron chi connectivity index (χ0n) is 43.0. The normalized spacial score (nSPS) is 13.4. The Balaban J connectivity index is 4.64.